The molecule has 98 valence electrons. The SMILES string of the molecule is CCC[C@H](NC(C)=O)C(=O)NCc1ccccc1. The van der Waals surface area contributed by atoms with E-state index in [0.717, 1.165) is 12.0 Å². The van der Waals surface area contributed by atoms with Crippen LogP contribution in [0, 0.1) is 0 Å². The van der Waals surface area contributed by atoms with Crippen molar-refractivity contribution in [3.05, 3.63) is 35.9 Å². The van der Waals surface area contributed by atoms with E-state index in [1.54, 1.807) is 0 Å². The average Bonchev–Trinajstić information content (AvgIpc) is 2.36. The Morgan fingerprint density at radius 2 is 1.89 bits per heavy atom. The summed E-state index contributed by atoms with van der Waals surface area (Å²) in [5, 5.41) is 5.50. The summed E-state index contributed by atoms with van der Waals surface area (Å²) in [4.78, 5) is 22.9. The van der Waals surface area contributed by atoms with E-state index in [1.807, 2.05) is 37.3 Å². The van der Waals surface area contributed by atoms with E-state index in [2.05, 4.69) is 10.6 Å². The fourth-order valence-corrected chi connectivity index (χ4v) is 1.71. The maximum absolute atomic E-state index is 11.9. The largest absolute Gasteiger partial charge is 0.350 e. The zero-order valence-corrected chi connectivity index (χ0v) is 10.9. The van der Waals surface area contributed by atoms with E-state index < -0.39 is 6.04 Å². The number of hydrogen-bond donors (Lipinski definition) is 2. The van der Waals surface area contributed by atoms with Gasteiger partial charge in [0.15, 0.2) is 0 Å². The molecule has 0 bridgehead atoms. The van der Waals surface area contributed by atoms with Crippen LogP contribution in [0.4, 0.5) is 0 Å². The fraction of sp³-hybridized carbons (Fsp3) is 0.429. The maximum Gasteiger partial charge on any atom is 0.242 e. The van der Waals surface area contributed by atoms with Gasteiger partial charge in [-0.25, -0.2) is 0 Å². The Morgan fingerprint density at radius 1 is 1.22 bits per heavy atom. The lowest BCUT2D eigenvalue weighted by Crippen LogP contribution is -2.45. The average molecular weight is 248 g/mol. The predicted molar refractivity (Wildman–Crippen MR) is 70.8 cm³/mol. The van der Waals surface area contributed by atoms with E-state index in [1.165, 1.54) is 6.92 Å². The highest BCUT2D eigenvalue weighted by Gasteiger charge is 2.17. The molecule has 1 aromatic rings. The lowest BCUT2D eigenvalue weighted by atomic mass is 10.1. The van der Waals surface area contributed by atoms with Gasteiger partial charge in [0.05, 0.1) is 0 Å². The summed E-state index contributed by atoms with van der Waals surface area (Å²) >= 11 is 0. The van der Waals surface area contributed by atoms with Gasteiger partial charge >= 0.3 is 0 Å². The van der Waals surface area contributed by atoms with Crippen LogP contribution in [0.15, 0.2) is 30.3 Å². The van der Waals surface area contributed by atoms with Gasteiger partial charge in [-0.3, -0.25) is 9.59 Å². The van der Waals surface area contributed by atoms with Crippen LogP contribution in [0.5, 0.6) is 0 Å². The molecule has 1 aromatic carbocycles. The molecule has 0 spiro atoms. The summed E-state index contributed by atoms with van der Waals surface area (Å²) in [6.45, 7) is 3.89. The summed E-state index contributed by atoms with van der Waals surface area (Å²) < 4.78 is 0. The Bertz CT molecular complexity index is 390. The molecule has 2 N–H and O–H groups in total. The van der Waals surface area contributed by atoms with Crippen LogP contribution in [0.25, 0.3) is 0 Å². The van der Waals surface area contributed by atoms with Crippen LogP contribution in [0.2, 0.25) is 0 Å². The smallest absolute Gasteiger partial charge is 0.242 e. The summed E-state index contributed by atoms with van der Waals surface area (Å²) in [6.07, 6.45) is 1.50. The van der Waals surface area contributed by atoms with Gasteiger partial charge in [-0.15, -0.1) is 0 Å². The van der Waals surface area contributed by atoms with Gasteiger partial charge in [0.1, 0.15) is 6.04 Å². The van der Waals surface area contributed by atoms with Crippen LogP contribution < -0.4 is 10.6 Å². The van der Waals surface area contributed by atoms with Crippen molar-refractivity contribution in [3.63, 3.8) is 0 Å². The molecule has 2 amide bonds. The summed E-state index contributed by atoms with van der Waals surface area (Å²) in [5.41, 5.74) is 1.05. The molecule has 0 aliphatic carbocycles. The maximum atomic E-state index is 11.9. The van der Waals surface area contributed by atoms with Crippen LogP contribution >= 0.6 is 0 Å². The first kappa shape index (κ1) is 14.2. The minimum atomic E-state index is -0.434. The number of benzene rings is 1. The molecule has 0 fully saturated rings. The number of carbonyl (C=O) groups is 2. The molecule has 0 aliphatic rings. The minimum absolute atomic E-state index is 0.129. The number of hydrogen-bond acceptors (Lipinski definition) is 2. The van der Waals surface area contributed by atoms with Gasteiger partial charge < -0.3 is 10.6 Å². The van der Waals surface area contributed by atoms with E-state index in [9.17, 15) is 9.59 Å². The van der Waals surface area contributed by atoms with Gasteiger partial charge in [-0.2, -0.15) is 0 Å². The standard InChI is InChI=1S/C14H20N2O2/c1-3-7-13(16-11(2)17)14(18)15-10-12-8-5-4-6-9-12/h4-6,8-9,13H,3,7,10H2,1-2H3,(H,15,18)(H,16,17)/t13-/m0/s1. The van der Waals surface area contributed by atoms with Crippen LogP contribution in [0.3, 0.4) is 0 Å². The van der Waals surface area contributed by atoms with Crippen LogP contribution in [-0.4, -0.2) is 17.9 Å². The third kappa shape index (κ3) is 4.99. The van der Waals surface area contributed by atoms with Gasteiger partial charge in [0.25, 0.3) is 0 Å². The molecule has 0 aromatic heterocycles. The second-order valence-corrected chi connectivity index (χ2v) is 4.25. The molecule has 0 saturated carbocycles. The molecule has 0 radical (unpaired) electrons. The quantitative estimate of drug-likeness (QED) is 0.803. The fourth-order valence-electron chi connectivity index (χ4n) is 1.71. The van der Waals surface area contributed by atoms with Crippen molar-refractivity contribution in [2.24, 2.45) is 0 Å². The van der Waals surface area contributed by atoms with E-state index >= 15 is 0 Å². The first-order valence-electron chi connectivity index (χ1n) is 6.22. The molecule has 0 aliphatic heterocycles. The van der Waals surface area contributed by atoms with E-state index in [4.69, 9.17) is 0 Å². The molecular formula is C14H20N2O2. The molecule has 0 heterocycles. The number of amides is 2. The van der Waals surface area contributed by atoms with E-state index in [-0.39, 0.29) is 11.8 Å². The van der Waals surface area contributed by atoms with Gasteiger partial charge in [0.2, 0.25) is 11.8 Å². The molecule has 1 atom stereocenters. The Kier molecular flexibility index (Phi) is 5.91. The lowest BCUT2D eigenvalue weighted by molar-refractivity contribution is -0.128. The zero-order valence-electron chi connectivity index (χ0n) is 10.9. The monoisotopic (exact) mass is 248 g/mol. The highest BCUT2D eigenvalue weighted by atomic mass is 16.2. The highest BCUT2D eigenvalue weighted by Crippen LogP contribution is 2.00. The topological polar surface area (TPSA) is 58.2 Å². The minimum Gasteiger partial charge on any atom is -0.350 e. The van der Waals surface area contributed by atoms with Crippen molar-refractivity contribution in [3.8, 4) is 0 Å². The molecular weight excluding hydrogens is 228 g/mol. The normalized spacial score (nSPS) is 11.7. The zero-order chi connectivity index (χ0) is 13.4. The van der Waals surface area contributed by atoms with Crippen LogP contribution in [0.1, 0.15) is 32.3 Å². The first-order chi connectivity index (χ1) is 8.63. The van der Waals surface area contributed by atoms with Crippen molar-refractivity contribution in [2.75, 3.05) is 0 Å². The van der Waals surface area contributed by atoms with E-state index in [0.29, 0.717) is 13.0 Å². The van der Waals surface area contributed by atoms with Gasteiger partial charge in [-0.1, -0.05) is 43.7 Å². The van der Waals surface area contributed by atoms with Gasteiger partial charge in [-0.05, 0) is 12.0 Å². The summed E-state index contributed by atoms with van der Waals surface area (Å²) in [7, 11) is 0. The molecule has 0 unspecified atom stereocenters. The first-order valence-corrected chi connectivity index (χ1v) is 6.22. The van der Waals surface area contributed by atoms with Crippen molar-refractivity contribution < 1.29 is 9.59 Å². The Morgan fingerprint density at radius 3 is 2.44 bits per heavy atom. The molecule has 18 heavy (non-hydrogen) atoms. The second-order valence-electron chi connectivity index (χ2n) is 4.25. The third-order valence-corrected chi connectivity index (χ3v) is 2.58. The van der Waals surface area contributed by atoms with Crippen molar-refractivity contribution in [2.45, 2.75) is 39.3 Å². The number of nitrogens with one attached hydrogen (secondary N) is 2. The molecule has 4 nitrogen and oxygen atoms in total. The Labute approximate surface area is 108 Å². The predicted octanol–water partition coefficient (Wildman–Crippen LogP) is 1.61. The summed E-state index contributed by atoms with van der Waals surface area (Å²) in [6, 6.07) is 9.26. The molecule has 4 heteroatoms. The van der Waals surface area contributed by atoms with Crippen molar-refractivity contribution >= 4 is 11.8 Å². The van der Waals surface area contributed by atoms with Gasteiger partial charge in [0, 0.05) is 13.5 Å². The van der Waals surface area contributed by atoms with Crippen molar-refractivity contribution in [1.82, 2.24) is 10.6 Å². The molecule has 1 rings (SSSR count). The van der Waals surface area contributed by atoms with Crippen molar-refractivity contribution in [1.29, 1.82) is 0 Å². The highest BCUT2D eigenvalue weighted by molar-refractivity contribution is 5.86. The molecule has 0 saturated heterocycles. The Hall–Kier alpha value is -1.84. The number of carbonyl (C=O) groups excluding carboxylic acids is 2. The van der Waals surface area contributed by atoms with Crippen LogP contribution in [-0.2, 0) is 16.1 Å². The second kappa shape index (κ2) is 7.48. The third-order valence-electron chi connectivity index (χ3n) is 2.58. The number of rotatable bonds is 6. The summed E-state index contributed by atoms with van der Waals surface area (Å²) in [5.74, 6) is -0.306. The lowest BCUT2D eigenvalue weighted by Gasteiger charge is -2.16. The Balaban J connectivity index is 2.48.